The van der Waals surface area contributed by atoms with Crippen molar-refractivity contribution in [1.82, 2.24) is 4.57 Å². The molecular weight excluding hydrogens is 260 g/mol. The van der Waals surface area contributed by atoms with Crippen molar-refractivity contribution in [3.8, 4) is 0 Å². The van der Waals surface area contributed by atoms with Crippen LogP contribution in [0.3, 0.4) is 0 Å². The Morgan fingerprint density at radius 3 is 2.94 bits per heavy atom. The lowest BCUT2D eigenvalue weighted by Gasteiger charge is -2.03. The highest BCUT2D eigenvalue weighted by molar-refractivity contribution is 6.33. The van der Waals surface area contributed by atoms with E-state index in [0.29, 0.717) is 16.2 Å². The Hall–Kier alpha value is -1.95. The fourth-order valence-corrected chi connectivity index (χ4v) is 1.74. The molecule has 1 aromatic heterocycles. The number of carbonyl (C=O) groups is 1. The molecule has 6 nitrogen and oxygen atoms in total. The normalized spacial score (nSPS) is 10.8. The van der Waals surface area contributed by atoms with Gasteiger partial charge in [0, 0.05) is 6.07 Å². The van der Waals surface area contributed by atoms with Crippen LogP contribution in [0.25, 0.3) is 11.1 Å². The second kappa shape index (κ2) is 4.73. The van der Waals surface area contributed by atoms with Crippen molar-refractivity contribution in [2.24, 2.45) is 0 Å². The summed E-state index contributed by atoms with van der Waals surface area (Å²) in [6.07, 6.45) is 0. The molecule has 2 aromatic rings. The molecular formula is C11H11ClN2O4. The minimum atomic E-state index is -0.653. The zero-order valence-corrected chi connectivity index (χ0v) is 10.4. The van der Waals surface area contributed by atoms with Crippen LogP contribution in [-0.2, 0) is 16.1 Å². The van der Waals surface area contributed by atoms with Gasteiger partial charge in [0.2, 0.25) is 0 Å². The molecule has 2 rings (SSSR count). The van der Waals surface area contributed by atoms with Gasteiger partial charge in [-0.05, 0) is 13.0 Å². The lowest BCUT2D eigenvalue weighted by atomic mass is 10.3. The number of oxazole rings is 1. The number of hydrogen-bond acceptors (Lipinski definition) is 5. The van der Waals surface area contributed by atoms with E-state index in [1.165, 1.54) is 12.1 Å². The van der Waals surface area contributed by atoms with Crippen molar-refractivity contribution in [2.45, 2.75) is 13.5 Å². The van der Waals surface area contributed by atoms with Crippen molar-refractivity contribution in [3.63, 3.8) is 0 Å². The Bertz CT molecular complexity index is 659. The molecule has 2 N–H and O–H groups in total. The molecule has 0 amide bonds. The van der Waals surface area contributed by atoms with Crippen LogP contribution in [0, 0.1) is 0 Å². The minimum Gasteiger partial charge on any atom is -0.465 e. The van der Waals surface area contributed by atoms with Gasteiger partial charge < -0.3 is 14.9 Å². The zero-order chi connectivity index (χ0) is 13.3. The van der Waals surface area contributed by atoms with Crippen molar-refractivity contribution in [3.05, 3.63) is 27.7 Å². The lowest BCUT2D eigenvalue weighted by Crippen LogP contribution is -2.21. The molecule has 96 valence electrons. The smallest absolute Gasteiger partial charge is 0.420 e. The Morgan fingerprint density at radius 1 is 1.56 bits per heavy atom. The number of aromatic nitrogens is 1. The Morgan fingerprint density at radius 2 is 2.28 bits per heavy atom. The SMILES string of the molecule is CCOC(=O)Cn1c(=O)oc2cc(N)c(Cl)cc21. The average molecular weight is 271 g/mol. The van der Waals surface area contributed by atoms with E-state index < -0.39 is 11.7 Å². The standard InChI is InChI=1S/C11H11ClN2O4/c1-2-17-10(15)5-14-8-3-6(12)7(13)4-9(8)18-11(14)16/h3-4H,2,5,13H2,1H3. The molecule has 0 atom stereocenters. The topological polar surface area (TPSA) is 87.5 Å². The highest BCUT2D eigenvalue weighted by atomic mass is 35.5. The predicted molar refractivity (Wildman–Crippen MR) is 66.5 cm³/mol. The van der Waals surface area contributed by atoms with Crippen LogP contribution in [0.1, 0.15) is 6.92 Å². The van der Waals surface area contributed by atoms with Crippen LogP contribution in [0.4, 0.5) is 5.69 Å². The number of nitrogen functional groups attached to an aromatic ring is 1. The molecule has 0 radical (unpaired) electrons. The first-order valence-corrected chi connectivity index (χ1v) is 5.64. The maximum atomic E-state index is 11.6. The number of carbonyl (C=O) groups excluding carboxylic acids is 1. The number of rotatable bonds is 3. The molecule has 0 aliphatic heterocycles. The summed E-state index contributed by atoms with van der Waals surface area (Å²) in [5.74, 6) is -1.17. The fourth-order valence-electron chi connectivity index (χ4n) is 1.58. The van der Waals surface area contributed by atoms with Crippen molar-refractivity contribution < 1.29 is 13.9 Å². The van der Waals surface area contributed by atoms with Crippen LogP contribution in [0.2, 0.25) is 5.02 Å². The highest BCUT2D eigenvalue weighted by Crippen LogP contribution is 2.25. The summed E-state index contributed by atoms with van der Waals surface area (Å²) < 4.78 is 10.9. The molecule has 0 bridgehead atoms. The molecule has 0 saturated heterocycles. The van der Waals surface area contributed by atoms with Crippen LogP contribution < -0.4 is 11.5 Å². The summed E-state index contributed by atoms with van der Waals surface area (Å²) >= 11 is 5.87. The number of hydrogen-bond donors (Lipinski definition) is 1. The van der Waals surface area contributed by atoms with Crippen molar-refractivity contribution >= 4 is 34.4 Å². The average Bonchev–Trinajstić information content (AvgIpc) is 2.57. The summed E-state index contributed by atoms with van der Waals surface area (Å²) in [6.45, 7) is 1.71. The number of anilines is 1. The minimum absolute atomic E-state index is 0.222. The Labute approximate surface area is 107 Å². The molecule has 1 aromatic carbocycles. The quantitative estimate of drug-likeness (QED) is 0.673. The van der Waals surface area contributed by atoms with Gasteiger partial charge in [-0.15, -0.1) is 0 Å². The third-order valence-corrected chi connectivity index (χ3v) is 2.71. The van der Waals surface area contributed by atoms with Gasteiger partial charge in [-0.2, -0.15) is 0 Å². The first kappa shape index (κ1) is 12.5. The van der Waals surface area contributed by atoms with E-state index in [9.17, 15) is 9.59 Å². The maximum absolute atomic E-state index is 11.6. The van der Waals surface area contributed by atoms with Gasteiger partial charge in [-0.25, -0.2) is 4.79 Å². The highest BCUT2D eigenvalue weighted by Gasteiger charge is 2.14. The number of nitrogens with zero attached hydrogens (tertiary/aromatic N) is 1. The van der Waals surface area contributed by atoms with Gasteiger partial charge in [0.1, 0.15) is 6.54 Å². The van der Waals surface area contributed by atoms with Gasteiger partial charge in [0.25, 0.3) is 0 Å². The molecule has 0 aliphatic rings. The van der Waals surface area contributed by atoms with E-state index in [0.717, 1.165) is 4.57 Å². The van der Waals surface area contributed by atoms with Gasteiger partial charge in [-0.1, -0.05) is 11.6 Å². The molecule has 0 unspecified atom stereocenters. The van der Waals surface area contributed by atoms with Crippen LogP contribution in [-0.4, -0.2) is 17.1 Å². The maximum Gasteiger partial charge on any atom is 0.420 e. The number of esters is 1. The second-order valence-electron chi connectivity index (χ2n) is 3.60. The molecule has 18 heavy (non-hydrogen) atoms. The molecule has 0 aliphatic carbocycles. The first-order chi connectivity index (χ1) is 8.52. The van der Waals surface area contributed by atoms with E-state index in [2.05, 4.69) is 0 Å². The summed E-state index contributed by atoms with van der Waals surface area (Å²) in [7, 11) is 0. The van der Waals surface area contributed by atoms with Gasteiger partial charge in [-0.3, -0.25) is 9.36 Å². The molecule has 0 fully saturated rings. The van der Waals surface area contributed by atoms with Gasteiger partial charge in [0.15, 0.2) is 5.58 Å². The lowest BCUT2D eigenvalue weighted by molar-refractivity contribution is -0.143. The van der Waals surface area contributed by atoms with Crippen LogP contribution >= 0.6 is 11.6 Å². The molecule has 7 heteroatoms. The van der Waals surface area contributed by atoms with Gasteiger partial charge >= 0.3 is 11.7 Å². The van der Waals surface area contributed by atoms with E-state index in [1.807, 2.05) is 0 Å². The number of nitrogens with two attached hydrogens (primary N) is 1. The number of fused-ring (bicyclic) bond motifs is 1. The Kier molecular flexibility index (Phi) is 3.29. The molecule has 0 saturated carbocycles. The second-order valence-corrected chi connectivity index (χ2v) is 4.01. The number of benzene rings is 1. The third kappa shape index (κ3) is 2.19. The fraction of sp³-hybridized carbons (Fsp3) is 0.273. The summed E-state index contributed by atoms with van der Waals surface area (Å²) in [5, 5.41) is 0.293. The van der Waals surface area contributed by atoms with Crippen molar-refractivity contribution in [2.75, 3.05) is 12.3 Å². The molecule has 0 spiro atoms. The van der Waals surface area contributed by atoms with E-state index in [1.54, 1.807) is 6.92 Å². The van der Waals surface area contributed by atoms with E-state index >= 15 is 0 Å². The first-order valence-electron chi connectivity index (χ1n) is 5.27. The zero-order valence-electron chi connectivity index (χ0n) is 9.60. The van der Waals surface area contributed by atoms with E-state index in [-0.39, 0.29) is 18.7 Å². The number of ether oxygens (including phenoxy) is 1. The van der Waals surface area contributed by atoms with Crippen molar-refractivity contribution in [1.29, 1.82) is 0 Å². The summed E-state index contributed by atoms with van der Waals surface area (Å²) in [5.41, 5.74) is 6.60. The molecule has 1 heterocycles. The predicted octanol–water partition coefficient (Wildman–Crippen LogP) is 1.39. The summed E-state index contributed by atoms with van der Waals surface area (Å²) in [6, 6.07) is 2.93. The largest absolute Gasteiger partial charge is 0.465 e. The third-order valence-electron chi connectivity index (χ3n) is 2.38. The Balaban J connectivity index is 2.50. The van der Waals surface area contributed by atoms with Gasteiger partial charge in [0.05, 0.1) is 22.8 Å². The van der Waals surface area contributed by atoms with E-state index in [4.69, 9.17) is 26.5 Å². The number of halogens is 1. The monoisotopic (exact) mass is 270 g/mol. The van der Waals surface area contributed by atoms with Crippen LogP contribution in [0.5, 0.6) is 0 Å². The summed E-state index contributed by atoms with van der Waals surface area (Å²) in [4.78, 5) is 23.0. The van der Waals surface area contributed by atoms with Crippen LogP contribution in [0.15, 0.2) is 21.3 Å².